The Morgan fingerprint density at radius 3 is 2.11 bits per heavy atom. The summed E-state index contributed by atoms with van der Waals surface area (Å²) >= 11 is 1.69. The summed E-state index contributed by atoms with van der Waals surface area (Å²) in [7, 11) is 0. The highest BCUT2D eigenvalue weighted by Crippen LogP contribution is 2.43. The number of carbonyl (C=O) groups is 1. The minimum Gasteiger partial charge on any atom is -0.503 e. The molecule has 0 aliphatic carbocycles. The first kappa shape index (κ1) is 18.4. The number of aliphatic hydroxyl groups excluding tert-OH is 1. The van der Waals surface area contributed by atoms with Crippen LogP contribution in [0.5, 0.6) is 0 Å². The van der Waals surface area contributed by atoms with E-state index in [1.807, 2.05) is 79.1 Å². The highest BCUT2D eigenvalue weighted by atomic mass is 32.2. The molecule has 0 aromatic heterocycles. The molecule has 4 heteroatoms. The van der Waals surface area contributed by atoms with Gasteiger partial charge in [0.05, 0.1) is 6.04 Å². The predicted octanol–water partition coefficient (Wildman–Crippen LogP) is 5.46. The van der Waals surface area contributed by atoms with E-state index in [1.165, 1.54) is 4.90 Å². The standard InChI is InChI=1S/C24H21NO2S/c1-28-20-14-12-17(13-15-20)16-25-22(19-10-6-3-7-11-19)21(23(26)24(25)27)18-8-4-2-5-9-18/h2-15,22,26H,16H2,1H3/t22-/m0/s1. The topological polar surface area (TPSA) is 40.5 Å². The van der Waals surface area contributed by atoms with Crippen molar-refractivity contribution in [3.63, 3.8) is 0 Å². The normalized spacial score (nSPS) is 16.7. The third-order valence-electron chi connectivity index (χ3n) is 5.02. The maximum absolute atomic E-state index is 13.0. The third kappa shape index (κ3) is 3.43. The second-order valence-corrected chi connectivity index (χ2v) is 7.60. The molecule has 1 N–H and O–H groups in total. The molecule has 3 nitrogen and oxygen atoms in total. The second kappa shape index (κ2) is 7.95. The molecular formula is C24H21NO2S. The molecule has 0 radical (unpaired) electrons. The van der Waals surface area contributed by atoms with E-state index >= 15 is 0 Å². The van der Waals surface area contributed by atoms with Crippen LogP contribution in [-0.2, 0) is 11.3 Å². The van der Waals surface area contributed by atoms with Crippen LogP contribution in [0.25, 0.3) is 5.57 Å². The Labute approximate surface area is 169 Å². The number of benzene rings is 3. The van der Waals surface area contributed by atoms with Crippen molar-refractivity contribution in [3.8, 4) is 0 Å². The van der Waals surface area contributed by atoms with Crippen molar-refractivity contribution >= 4 is 23.2 Å². The summed E-state index contributed by atoms with van der Waals surface area (Å²) in [5.41, 5.74) is 3.55. The molecule has 0 fully saturated rings. The van der Waals surface area contributed by atoms with Crippen molar-refractivity contribution in [1.82, 2.24) is 4.90 Å². The molecule has 1 aliphatic rings. The van der Waals surface area contributed by atoms with E-state index < -0.39 is 0 Å². The molecule has 1 heterocycles. The molecule has 3 aromatic carbocycles. The monoisotopic (exact) mass is 387 g/mol. The van der Waals surface area contributed by atoms with Crippen LogP contribution < -0.4 is 0 Å². The molecule has 1 aliphatic heterocycles. The van der Waals surface area contributed by atoms with Crippen molar-refractivity contribution in [2.75, 3.05) is 6.26 Å². The lowest BCUT2D eigenvalue weighted by Gasteiger charge is -2.27. The number of aliphatic hydroxyl groups is 1. The summed E-state index contributed by atoms with van der Waals surface area (Å²) in [5, 5.41) is 10.8. The van der Waals surface area contributed by atoms with E-state index in [2.05, 4.69) is 12.1 Å². The van der Waals surface area contributed by atoms with Gasteiger partial charge < -0.3 is 10.0 Å². The van der Waals surface area contributed by atoms with Gasteiger partial charge in [-0.05, 0) is 35.1 Å². The Hall–Kier alpha value is -2.98. The summed E-state index contributed by atoms with van der Waals surface area (Å²) in [6.45, 7) is 0.438. The first-order valence-corrected chi connectivity index (χ1v) is 10.4. The first-order chi connectivity index (χ1) is 13.7. The van der Waals surface area contributed by atoms with E-state index in [1.54, 1.807) is 16.7 Å². The van der Waals surface area contributed by atoms with Crippen molar-refractivity contribution in [2.45, 2.75) is 17.5 Å². The van der Waals surface area contributed by atoms with Gasteiger partial charge in [-0.25, -0.2) is 0 Å². The second-order valence-electron chi connectivity index (χ2n) is 6.72. The van der Waals surface area contributed by atoms with E-state index in [-0.39, 0.29) is 17.7 Å². The average molecular weight is 388 g/mol. The summed E-state index contributed by atoms with van der Waals surface area (Å²) in [5.74, 6) is -0.498. The van der Waals surface area contributed by atoms with Crippen LogP contribution in [0.3, 0.4) is 0 Å². The minimum absolute atomic E-state index is 0.166. The Morgan fingerprint density at radius 1 is 0.893 bits per heavy atom. The number of amides is 1. The van der Waals surface area contributed by atoms with Gasteiger partial charge in [-0.1, -0.05) is 72.8 Å². The predicted molar refractivity (Wildman–Crippen MR) is 114 cm³/mol. The molecular weight excluding hydrogens is 366 g/mol. The number of thioether (sulfide) groups is 1. The molecule has 28 heavy (non-hydrogen) atoms. The van der Waals surface area contributed by atoms with Gasteiger partial charge in [0.1, 0.15) is 0 Å². The molecule has 1 atom stereocenters. The van der Waals surface area contributed by atoms with Crippen molar-refractivity contribution in [1.29, 1.82) is 0 Å². The van der Waals surface area contributed by atoms with Gasteiger partial charge in [0.2, 0.25) is 0 Å². The van der Waals surface area contributed by atoms with Gasteiger partial charge in [0.25, 0.3) is 5.91 Å². The average Bonchev–Trinajstić information content (AvgIpc) is 3.00. The quantitative estimate of drug-likeness (QED) is 0.591. The van der Waals surface area contributed by atoms with Crippen LogP contribution in [0.2, 0.25) is 0 Å². The molecule has 0 saturated carbocycles. The third-order valence-corrected chi connectivity index (χ3v) is 5.76. The molecule has 0 bridgehead atoms. The van der Waals surface area contributed by atoms with Crippen LogP contribution in [0.15, 0.2) is 95.6 Å². The maximum atomic E-state index is 13.0. The fraction of sp³-hybridized carbons (Fsp3) is 0.125. The Kier molecular flexibility index (Phi) is 5.22. The highest BCUT2D eigenvalue weighted by molar-refractivity contribution is 7.98. The van der Waals surface area contributed by atoms with E-state index in [0.29, 0.717) is 12.1 Å². The Bertz CT molecular complexity index is 998. The number of hydrogen-bond acceptors (Lipinski definition) is 3. The van der Waals surface area contributed by atoms with Crippen LogP contribution >= 0.6 is 11.8 Å². The lowest BCUT2D eigenvalue weighted by Crippen LogP contribution is -2.29. The van der Waals surface area contributed by atoms with Gasteiger partial charge in [-0.2, -0.15) is 0 Å². The van der Waals surface area contributed by atoms with Gasteiger partial charge in [0.15, 0.2) is 5.76 Å². The summed E-state index contributed by atoms with van der Waals surface area (Å²) in [4.78, 5) is 15.9. The zero-order valence-corrected chi connectivity index (χ0v) is 16.4. The summed E-state index contributed by atoms with van der Waals surface area (Å²) < 4.78 is 0. The van der Waals surface area contributed by atoms with Gasteiger partial charge in [-0.3, -0.25) is 4.79 Å². The molecule has 140 valence electrons. The van der Waals surface area contributed by atoms with Crippen molar-refractivity contribution in [2.24, 2.45) is 0 Å². The van der Waals surface area contributed by atoms with Crippen LogP contribution in [0.4, 0.5) is 0 Å². The van der Waals surface area contributed by atoms with Crippen molar-refractivity contribution in [3.05, 3.63) is 107 Å². The van der Waals surface area contributed by atoms with Gasteiger partial charge >= 0.3 is 0 Å². The molecule has 1 amide bonds. The SMILES string of the molecule is CSc1ccc(CN2C(=O)C(O)=C(c3ccccc3)[C@@H]2c2ccccc2)cc1. The van der Waals surface area contributed by atoms with Crippen LogP contribution in [0.1, 0.15) is 22.7 Å². The molecule has 0 saturated heterocycles. The number of rotatable bonds is 5. The zero-order chi connectivity index (χ0) is 19.5. The Morgan fingerprint density at radius 2 is 1.50 bits per heavy atom. The minimum atomic E-state index is -0.332. The fourth-order valence-corrected chi connectivity index (χ4v) is 4.05. The first-order valence-electron chi connectivity index (χ1n) is 9.16. The fourth-order valence-electron chi connectivity index (χ4n) is 3.64. The van der Waals surface area contributed by atoms with Gasteiger partial charge in [-0.15, -0.1) is 11.8 Å². The van der Waals surface area contributed by atoms with E-state index in [0.717, 1.165) is 16.7 Å². The Balaban J connectivity index is 1.76. The molecule has 0 spiro atoms. The summed E-state index contributed by atoms with van der Waals surface area (Å²) in [6.07, 6.45) is 2.04. The smallest absolute Gasteiger partial charge is 0.290 e. The molecule has 0 unspecified atom stereocenters. The summed E-state index contributed by atoms with van der Waals surface area (Å²) in [6, 6.07) is 27.4. The van der Waals surface area contributed by atoms with Gasteiger partial charge in [0, 0.05) is 17.0 Å². The number of nitrogens with zero attached hydrogens (tertiary/aromatic N) is 1. The lowest BCUT2D eigenvalue weighted by atomic mass is 9.93. The highest BCUT2D eigenvalue weighted by Gasteiger charge is 2.40. The number of hydrogen-bond donors (Lipinski definition) is 1. The number of carbonyl (C=O) groups excluding carboxylic acids is 1. The molecule has 3 aromatic rings. The maximum Gasteiger partial charge on any atom is 0.290 e. The van der Waals surface area contributed by atoms with Crippen LogP contribution in [-0.4, -0.2) is 22.2 Å². The largest absolute Gasteiger partial charge is 0.503 e. The van der Waals surface area contributed by atoms with Crippen LogP contribution in [0, 0.1) is 0 Å². The lowest BCUT2D eigenvalue weighted by molar-refractivity contribution is -0.130. The van der Waals surface area contributed by atoms with E-state index in [9.17, 15) is 9.90 Å². The molecule has 4 rings (SSSR count). The zero-order valence-electron chi connectivity index (χ0n) is 15.6. The van der Waals surface area contributed by atoms with E-state index in [4.69, 9.17) is 0 Å². The van der Waals surface area contributed by atoms with Crippen molar-refractivity contribution < 1.29 is 9.90 Å².